The lowest BCUT2D eigenvalue weighted by Crippen LogP contribution is -2.25. The van der Waals surface area contributed by atoms with Crippen LogP contribution in [0.25, 0.3) is 0 Å². The van der Waals surface area contributed by atoms with Crippen LogP contribution in [0.3, 0.4) is 0 Å². The van der Waals surface area contributed by atoms with Crippen molar-refractivity contribution in [2.45, 2.75) is 39.5 Å². The summed E-state index contributed by atoms with van der Waals surface area (Å²) in [5.41, 5.74) is 3.53. The molecule has 2 rings (SSSR count). The van der Waals surface area contributed by atoms with Crippen LogP contribution in [-0.2, 0) is 12.8 Å². The fourth-order valence-corrected chi connectivity index (χ4v) is 3.21. The summed E-state index contributed by atoms with van der Waals surface area (Å²) in [5.74, 6) is 0.192. The Bertz CT molecular complexity index is 662. The Hall–Kier alpha value is -1.64. The number of ketones is 1. The standard InChI is InChI=1S/C22H28ClNO/c1-3-24(4-2)17-16-19-9-6-5-8-18(19)10-7-11-22(25)20-12-14-21(23)15-13-20/h5-6,8-9,12-15H,3-4,7,10-11,16-17H2,1-2H3. The third kappa shape index (κ3) is 6.30. The van der Waals surface area contributed by atoms with Gasteiger partial charge in [0.15, 0.2) is 5.78 Å². The zero-order valence-electron chi connectivity index (χ0n) is 15.3. The number of Topliss-reactive ketones (excluding diaryl/α,β-unsaturated/α-hetero) is 1. The normalized spacial score (nSPS) is 11.0. The number of hydrogen-bond acceptors (Lipinski definition) is 2. The Morgan fingerprint density at radius 2 is 1.52 bits per heavy atom. The third-order valence-corrected chi connectivity index (χ3v) is 4.98. The SMILES string of the molecule is CCN(CC)CCc1ccccc1CCCC(=O)c1ccc(Cl)cc1. The van der Waals surface area contributed by atoms with Crippen LogP contribution in [0.4, 0.5) is 0 Å². The van der Waals surface area contributed by atoms with Crippen molar-refractivity contribution in [3.05, 3.63) is 70.2 Å². The lowest BCUT2D eigenvalue weighted by molar-refractivity contribution is 0.0980. The third-order valence-electron chi connectivity index (χ3n) is 4.73. The first kappa shape index (κ1) is 19.7. The van der Waals surface area contributed by atoms with Gasteiger partial charge >= 0.3 is 0 Å². The number of nitrogens with zero attached hydrogens (tertiary/aromatic N) is 1. The van der Waals surface area contributed by atoms with Crippen LogP contribution in [0, 0.1) is 0 Å². The van der Waals surface area contributed by atoms with Crippen molar-refractivity contribution < 1.29 is 4.79 Å². The van der Waals surface area contributed by atoms with E-state index in [0.29, 0.717) is 11.4 Å². The number of aryl methyl sites for hydroxylation is 1. The van der Waals surface area contributed by atoms with Gasteiger partial charge in [0.1, 0.15) is 0 Å². The summed E-state index contributed by atoms with van der Waals surface area (Å²) in [6.45, 7) is 7.69. The van der Waals surface area contributed by atoms with Gasteiger partial charge in [0.2, 0.25) is 0 Å². The van der Waals surface area contributed by atoms with E-state index >= 15 is 0 Å². The van der Waals surface area contributed by atoms with Crippen molar-refractivity contribution in [3.8, 4) is 0 Å². The smallest absolute Gasteiger partial charge is 0.162 e. The Kier molecular flexibility index (Phi) is 8.17. The van der Waals surface area contributed by atoms with Crippen molar-refractivity contribution in [1.29, 1.82) is 0 Å². The molecule has 3 heteroatoms. The maximum atomic E-state index is 12.3. The van der Waals surface area contributed by atoms with E-state index in [1.165, 1.54) is 11.1 Å². The number of likely N-dealkylation sites (N-methyl/N-ethyl adjacent to an activating group) is 1. The Balaban J connectivity index is 1.88. The summed E-state index contributed by atoms with van der Waals surface area (Å²) in [5, 5.41) is 0.665. The maximum absolute atomic E-state index is 12.3. The predicted octanol–water partition coefficient (Wildman–Crippen LogP) is 5.43. The van der Waals surface area contributed by atoms with E-state index < -0.39 is 0 Å². The number of carbonyl (C=O) groups excluding carboxylic acids is 1. The second-order valence-electron chi connectivity index (χ2n) is 6.33. The molecule has 25 heavy (non-hydrogen) atoms. The van der Waals surface area contributed by atoms with Crippen molar-refractivity contribution in [1.82, 2.24) is 4.90 Å². The molecule has 2 nitrogen and oxygen atoms in total. The highest BCUT2D eigenvalue weighted by Crippen LogP contribution is 2.16. The van der Waals surface area contributed by atoms with Crippen LogP contribution < -0.4 is 0 Å². The summed E-state index contributed by atoms with van der Waals surface area (Å²) in [6, 6.07) is 15.8. The topological polar surface area (TPSA) is 20.3 Å². The molecule has 2 aromatic rings. The monoisotopic (exact) mass is 357 g/mol. The minimum atomic E-state index is 0.192. The molecule has 0 amide bonds. The van der Waals surface area contributed by atoms with Gasteiger partial charge in [-0.2, -0.15) is 0 Å². The predicted molar refractivity (Wildman–Crippen MR) is 107 cm³/mol. The van der Waals surface area contributed by atoms with Gasteiger partial charge in [-0.15, -0.1) is 0 Å². The largest absolute Gasteiger partial charge is 0.304 e. The number of halogens is 1. The van der Waals surface area contributed by atoms with Gasteiger partial charge in [0.25, 0.3) is 0 Å². The number of hydrogen-bond donors (Lipinski definition) is 0. The quantitative estimate of drug-likeness (QED) is 0.528. The van der Waals surface area contributed by atoms with Gasteiger partial charge in [-0.1, -0.05) is 49.7 Å². The molecule has 0 aliphatic rings. The van der Waals surface area contributed by atoms with E-state index in [1.54, 1.807) is 12.1 Å². The maximum Gasteiger partial charge on any atom is 0.162 e. The Labute approximate surface area is 156 Å². The first-order valence-electron chi connectivity index (χ1n) is 9.22. The molecule has 0 saturated heterocycles. The average molecular weight is 358 g/mol. The fourth-order valence-electron chi connectivity index (χ4n) is 3.08. The van der Waals surface area contributed by atoms with E-state index in [9.17, 15) is 4.79 Å². The molecule has 134 valence electrons. The average Bonchev–Trinajstić information content (AvgIpc) is 2.64. The van der Waals surface area contributed by atoms with Crippen LogP contribution in [0.1, 0.15) is 48.2 Å². The van der Waals surface area contributed by atoms with Gasteiger partial charge in [0.05, 0.1) is 0 Å². The molecule has 0 spiro atoms. The molecule has 2 aromatic carbocycles. The van der Waals surface area contributed by atoms with E-state index in [1.807, 2.05) is 12.1 Å². The van der Waals surface area contributed by atoms with E-state index in [4.69, 9.17) is 11.6 Å². The second kappa shape index (κ2) is 10.4. The van der Waals surface area contributed by atoms with Crippen LogP contribution in [0.15, 0.2) is 48.5 Å². The van der Waals surface area contributed by atoms with Crippen LogP contribution in [-0.4, -0.2) is 30.3 Å². The number of carbonyl (C=O) groups is 1. The van der Waals surface area contributed by atoms with Gasteiger partial charge in [0, 0.05) is 23.6 Å². The highest BCUT2D eigenvalue weighted by atomic mass is 35.5. The first-order chi connectivity index (χ1) is 12.1. The summed E-state index contributed by atoms with van der Waals surface area (Å²) < 4.78 is 0. The van der Waals surface area contributed by atoms with Gasteiger partial charge in [-0.3, -0.25) is 4.79 Å². The van der Waals surface area contributed by atoms with Crippen molar-refractivity contribution >= 4 is 17.4 Å². The molecular formula is C22H28ClNO. The van der Waals surface area contributed by atoms with Gasteiger partial charge < -0.3 is 4.90 Å². The highest BCUT2D eigenvalue weighted by Gasteiger charge is 2.08. The van der Waals surface area contributed by atoms with Gasteiger partial charge in [-0.05, 0) is 67.7 Å². The Morgan fingerprint density at radius 3 is 2.12 bits per heavy atom. The molecule has 0 heterocycles. The molecule has 0 bridgehead atoms. The van der Waals surface area contributed by atoms with Crippen LogP contribution in [0.5, 0.6) is 0 Å². The van der Waals surface area contributed by atoms with E-state index in [2.05, 4.69) is 43.0 Å². The summed E-state index contributed by atoms with van der Waals surface area (Å²) >= 11 is 5.88. The number of rotatable bonds is 10. The molecule has 0 N–H and O–H groups in total. The van der Waals surface area contributed by atoms with E-state index in [-0.39, 0.29) is 5.78 Å². The molecule has 0 atom stereocenters. The van der Waals surface area contributed by atoms with Crippen LogP contribution in [0.2, 0.25) is 5.02 Å². The van der Waals surface area contributed by atoms with E-state index in [0.717, 1.165) is 44.5 Å². The summed E-state index contributed by atoms with van der Waals surface area (Å²) in [7, 11) is 0. The highest BCUT2D eigenvalue weighted by molar-refractivity contribution is 6.30. The molecule has 0 saturated carbocycles. The summed E-state index contributed by atoms with van der Waals surface area (Å²) in [4.78, 5) is 14.7. The van der Waals surface area contributed by atoms with Crippen molar-refractivity contribution in [2.75, 3.05) is 19.6 Å². The zero-order valence-corrected chi connectivity index (χ0v) is 16.1. The first-order valence-corrected chi connectivity index (χ1v) is 9.59. The molecule has 0 unspecified atom stereocenters. The molecule has 0 radical (unpaired) electrons. The molecule has 0 fully saturated rings. The van der Waals surface area contributed by atoms with Crippen molar-refractivity contribution in [3.63, 3.8) is 0 Å². The minimum Gasteiger partial charge on any atom is -0.304 e. The molecule has 0 aliphatic heterocycles. The van der Waals surface area contributed by atoms with Gasteiger partial charge in [-0.25, -0.2) is 0 Å². The lowest BCUT2D eigenvalue weighted by Gasteiger charge is -2.19. The van der Waals surface area contributed by atoms with Crippen LogP contribution >= 0.6 is 11.6 Å². The number of benzene rings is 2. The molecule has 0 aliphatic carbocycles. The second-order valence-corrected chi connectivity index (χ2v) is 6.77. The zero-order chi connectivity index (χ0) is 18.1. The van der Waals surface area contributed by atoms with Crippen molar-refractivity contribution in [2.24, 2.45) is 0 Å². The minimum absolute atomic E-state index is 0.192. The lowest BCUT2D eigenvalue weighted by atomic mass is 9.97. The summed E-state index contributed by atoms with van der Waals surface area (Å²) in [6.07, 6.45) is 3.48. The molecular weight excluding hydrogens is 330 g/mol. The molecule has 0 aromatic heterocycles. The fraction of sp³-hybridized carbons (Fsp3) is 0.409. The Morgan fingerprint density at radius 1 is 0.920 bits per heavy atom.